The van der Waals surface area contributed by atoms with Crippen LogP contribution in [-0.4, -0.2) is 86.7 Å². The lowest BCUT2D eigenvalue weighted by Crippen LogP contribution is -2.52. The van der Waals surface area contributed by atoms with Crippen LogP contribution in [0.1, 0.15) is 131 Å². The average molecular weight is 525 g/mol. The minimum atomic E-state index is 0.505. The van der Waals surface area contributed by atoms with E-state index in [1.54, 1.807) is 0 Å². The summed E-state index contributed by atoms with van der Waals surface area (Å²) in [5.41, 5.74) is 0. The Balaban J connectivity index is 1.85. The second-order valence-electron chi connectivity index (χ2n) is 12.7. The number of hydrogen-bond donors (Lipinski definition) is 0. The van der Waals surface area contributed by atoms with Crippen LogP contribution in [0.15, 0.2) is 0 Å². The molecule has 0 radical (unpaired) electrons. The van der Waals surface area contributed by atoms with Crippen LogP contribution in [0.2, 0.25) is 0 Å². The molecule has 2 aliphatic rings. The second-order valence-corrected chi connectivity index (χ2v) is 12.7. The standard InChI is InChI=1S/C33H68N2O2/c1-6-11-24-34(9-4,23-8-3)28-30-37-33-22-16-13-18-31(33)19-17-26-35(10-5,25-12-7-2)27-29-36-32-20-14-15-21-32/h31-33H,6-30H2,1-5H3/q+2. The Morgan fingerprint density at radius 3 is 1.68 bits per heavy atom. The van der Waals surface area contributed by atoms with Gasteiger partial charge in [-0.1, -0.05) is 59.3 Å². The van der Waals surface area contributed by atoms with Crippen molar-refractivity contribution in [3.8, 4) is 0 Å². The average Bonchev–Trinajstić information content (AvgIpc) is 3.44. The van der Waals surface area contributed by atoms with Crippen molar-refractivity contribution < 1.29 is 18.4 Å². The van der Waals surface area contributed by atoms with Gasteiger partial charge in [-0.25, -0.2) is 0 Å². The van der Waals surface area contributed by atoms with Gasteiger partial charge >= 0.3 is 0 Å². The summed E-state index contributed by atoms with van der Waals surface area (Å²) in [6, 6.07) is 0. The minimum Gasteiger partial charge on any atom is -0.372 e. The van der Waals surface area contributed by atoms with Crippen LogP contribution in [0.4, 0.5) is 0 Å². The Morgan fingerprint density at radius 2 is 1.08 bits per heavy atom. The molecule has 4 atom stereocenters. The predicted molar refractivity (Wildman–Crippen MR) is 160 cm³/mol. The van der Waals surface area contributed by atoms with Crippen molar-refractivity contribution in [2.45, 2.75) is 143 Å². The van der Waals surface area contributed by atoms with Crippen LogP contribution < -0.4 is 0 Å². The van der Waals surface area contributed by atoms with Crippen LogP contribution >= 0.6 is 0 Å². The van der Waals surface area contributed by atoms with Gasteiger partial charge in [0.25, 0.3) is 0 Å². The van der Waals surface area contributed by atoms with Crippen molar-refractivity contribution in [1.29, 1.82) is 0 Å². The van der Waals surface area contributed by atoms with Crippen molar-refractivity contribution in [1.82, 2.24) is 0 Å². The Morgan fingerprint density at radius 1 is 0.541 bits per heavy atom. The summed E-state index contributed by atoms with van der Waals surface area (Å²) in [7, 11) is 0. The largest absolute Gasteiger partial charge is 0.372 e. The van der Waals surface area contributed by atoms with Crippen LogP contribution in [0.25, 0.3) is 0 Å². The number of quaternary nitrogens is 2. The lowest BCUT2D eigenvalue weighted by Gasteiger charge is -2.40. The van der Waals surface area contributed by atoms with Crippen LogP contribution in [0, 0.1) is 5.92 Å². The zero-order valence-corrected chi connectivity index (χ0v) is 26.1. The maximum Gasteiger partial charge on any atom is 0.102 e. The molecule has 0 aliphatic heterocycles. The molecule has 0 aromatic carbocycles. The molecule has 0 heterocycles. The minimum absolute atomic E-state index is 0.505. The SMILES string of the molecule is CCCC[N+](CC)(CCCC1CCCCC1OCC[N+](CC)(CCC)CCCC)CCOC1CCCC1. The van der Waals surface area contributed by atoms with E-state index in [0.717, 1.165) is 19.1 Å². The quantitative estimate of drug-likeness (QED) is 0.134. The van der Waals surface area contributed by atoms with Gasteiger partial charge in [0.15, 0.2) is 0 Å². The summed E-state index contributed by atoms with van der Waals surface area (Å²) in [6.07, 6.45) is 21.1. The van der Waals surface area contributed by atoms with Gasteiger partial charge in [-0.15, -0.1) is 0 Å². The summed E-state index contributed by atoms with van der Waals surface area (Å²) in [4.78, 5) is 0. The van der Waals surface area contributed by atoms with E-state index in [-0.39, 0.29) is 0 Å². The zero-order chi connectivity index (χ0) is 26.8. The van der Waals surface area contributed by atoms with E-state index in [9.17, 15) is 0 Å². The van der Waals surface area contributed by atoms with Gasteiger partial charge in [-0.3, -0.25) is 0 Å². The van der Waals surface area contributed by atoms with E-state index in [1.165, 1.54) is 158 Å². The molecule has 0 aromatic rings. The Bertz CT molecular complexity index is 552. The number of likely N-dealkylation sites (N-methyl/N-ethyl adjacent to an activating group) is 2. The third-order valence-corrected chi connectivity index (χ3v) is 10.2. The molecular formula is C33H68N2O2+2. The summed E-state index contributed by atoms with van der Waals surface area (Å²) < 4.78 is 15.6. The third kappa shape index (κ3) is 11.9. The van der Waals surface area contributed by atoms with E-state index in [2.05, 4.69) is 34.6 Å². The van der Waals surface area contributed by atoms with Gasteiger partial charge in [0.2, 0.25) is 0 Å². The summed E-state index contributed by atoms with van der Waals surface area (Å²) in [5.74, 6) is 0.777. The van der Waals surface area contributed by atoms with E-state index >= 15 is 0 Å². The van der Waals surface area contributed by atoms with E-state index in [0.29, 0.717) is 12.2 Å². The van der Waals surface area contributed by atoms with Crippen molar-refractivity contribution in [2.24, 2.45) is 5.92 Å². The fourth-order valence-corrected chi connectivity index (χ4v) is 7.36. The molecule has 37 heavy (non-hydrogen) atoms. The first-order valence-corrected chi connectivity index (χ1v) is 17.0. The first-order chi connectivity index (χ1) is 18.1. The van der Waals surface area contributed by atoms with Gasteiger partial charge in [0.1, 0.15) is 13.1 Å². The Labute approximate surface area is 233 Å². The normalized spacial score (nSPS) is 24.2. The van der Waals surface area contributed by atoms with Gasteiger partial charge < -0.3 is 18.4 Å². The van der Waals surface area contributed by atoms with E-state index < -0.39 is 0 Å². The number of hydrogen-bond acceptors (Lipinski definition) is 2. The molecule has 4 unspecified atom stereocenters. The summed E-state index contributed by atoms with van der Waals surface area (Å²) in [5, 5.41) is 0. The highest BCUT2D eigenvalue weighted by Gasteiger charge is 2.30. The summed E-state index contributed by atoms with van der Waals surface area (Å²) in [6.45, 7) is 24.0. The molecule has 0 aromatic heterocycles. The Kier molecular flexibility index (Phi) is 17.0. The second kappa shape index (κ2) is 19.0. The molecule has 2 aliphatic carbocycles. The van der Waals surface area contributed by atoms with Crippen LogP contribution in [-0.2, 0) is 9.47 Å². The monoisotopic (exact) mass is 525 g/mol. The first-order valence-electron chi connectivity index (χ1n) is 17.0. The fraction of sp³-hybridized carbons (Fsp3) is 1.00. The zero-order valence-electron chi connectivity index (χ0n) is 26.1. The smallest absolute Gasteiger partial charge is 0.102 e. The topological polar surface area (TPSA) is 18.5 Å². The highest BCUT2D eigenvalue weighted by molar-refractivity contribution is 4.76. The molecule has 2 saturated carbocycles. The Hall–Kier alpha value is -0.160. The molecule has 0 amide bonds. The molecule has 4 heteroatoms. The van der Waals surface area contributed by atoms with Crippen molar-refractivity contribution in [3.63, 3.8) is 0 Å². The number of nitrogens with zero attached hydrogens (tertiary/aromatic N) is 2. The number of rotatable bonds is 22. The van der Waals surface area contributed by atoms with Gasteiger partial charge in [0.05, 0.1) is 64.7 Å². The third-order valence-electron chi connectivity index (χ3n) is 10.2. The van der Waals surface area contributed by atoms with Crippen molar-refractivity contribution in [2.75, 3.05) is 65.6 Å². The van der Waals surface area contributed by atoms with Gasteiger partial charge in [-0.2, -0.15) is 0 Å². The van der Waals surface area contributed by atoms with Gasteiger partial charge in [-0.05, 0) is 77.6 Å². The van der Waals surface area contributed by atoms with Crippen LogP contribution in [0.3, 0.4) is 0 Å². The molecule has 0 bridgehead atoms. The number of unbranched alkanes of at least 4 members (excludes halogenated alkanes) is 2. The molecule has 4 nitrogen and oxygen atoms in total. The highest BCUT2D eigenvalue weighted by Crippen LogP contribution is 2.31. The molecule has 2 rings (SSSR count). The molecular weight excluding hydrogens is 456 g/mol. The maximum atomic E-state index is 6.73. The van der Waals surface area contributed by atoms with Gasteiger partial charge in [0, 0.05) is 0 Å². The lowest BCUT2D eigenvalue weighted by atomic mass is 9.83. The molecule has 0 saturated heterocycles. The highest BCUT2D eigenvalue weighted by atomic mass is 16.5. The van der Waals surface area contributed by atoms with Crippen molar-refractivity contribution >= 4 is 0 Å². The van der Waals surface area contributed by atoms with Crippen LogP contribution in [0.5, 0.6) is 0 Å². The predicted octanol–water partition coefficient (Wildman–Crippen LogP) is 7.98. The molecule has 0 spiro atoms. The number of ether oxygens (including phenoxy) is 2. The van der Waals surface area contributed by atoms with E-state index in [1.807, 2.05) is 0 Å². The molecule has 0 N–H and O–H groups in total. The molecule has 2 fully saturated rings. The molecule has 220 valence electrons. The van der Waals surface area contributed by atoms with Crippen molar-refractivity contribution in [3.05, 3.63) is 0 Å². The lowest BCUT2D eigenvalue weighted by molar-refractivity contribution is -0.927. The first kappa shape index (κ1) is 33.0. The van der Waals surface area contributed by atoms with E-state index in [4.69, 9.17) is 9.47 Å². The summed E-state index contributed by atoms with van der Waals surface area (Å²) >= 11 is 0. The maximum absolute atomic E-state index is 6.73. The fourth-order valence-electron chi connectivity index (χ4n) is 7.36.